The predicted octanol–water partition coefficient (Wildman–Crippen LogP) is 1.86. The Morgan fingerprint density at radius 1 is 1.29 bits per heavy atom. The molecule has 0 spiro atoms. The maximum absolute atomic E-state index is 12.4. The third-order valence-corrected chi connectivity index (χ3v) is 3.46. The van der Waals surface area contributed by atoms with Gasteiger partial charge in [0.05, 0.1) is 5.69 Å². The molecule has 110 valence electrons. The van der Waals surface area contributed by atoms with Crippen molar-refractivity contribution in [2.24, 2.45) is 14.1 Å². The van der Waals surface area contributed by atoms with E-state index < -0.39 is 0 Å². The van der Waals surface area contributed by atoms with Gasteiger partial charge in [0.15, 0.2) is 5.11 Å². The highest BCUT2D eigenvalue weighted by molar-refractivity contribution is 7.80. The van der Waals surface area contributed by atoms with Crippen molar-refractivity contribution in [1.82, 2.24) is 14.7 Å². The van der Waals surface area contributed by atoms with Crippen molar-refractivity contribution in [2.45, 2.75) is 0 Å². The lowest BCUT2D eigenvalue weighted by Crippen LogP contribution is -2.30. The number of hydrogen-bond donors (Lipinski definition) is 2. The van der Waals surface area contributed by atoms with E-state index in [9.17, 15) is 4.79 Å². The molecule has 6 heteroatoms. The summed E-state index contributed by atoms with van der Waals surface area (Å²) >= 11 is 5.20. The average molecular weight is 302 g/mol. The smallest absolute Gasteiger partial charge is 0.290 e. The van der Waals surface area contributed by atoms with Gasteiger partial charge in [-0.2, -0.15) is 0 Å². The molecule has 0 amide bonds. The molecule has 0 fully saturated rings. The van der Waals surface area contributed by atoms with E-state index in [0.717, 1.165) is 11.3 Å². The first-order valence-electron chi connectivity index (χ1n) is 6.53. The predicted molar refractivity (Wildman–Crippen MR) is 90.5 cm³/mol. The van der Waals surface area contributed by atoms with Crippen molar-refractivity contribution in [3.8, 4) is 11.3 Å². The van der Waals surface area contributed by atoms with Gasteiger partial charge in [-0.3, -0.25) is 14.2 Å². The van der Waals surface area contributed by atoms with Gasteiger partial charge in [-0.05, 0) is 12.2 Å². The fourth-order valence-corrected chi connectivity index (χ4v) is 2.26. The molecule has 0 aliphatic carbocycles. The molecular weight excluding hydrogens is 284 g/mol. The quantitative estimate of drug-likeness (QED) is 0.669. The summed E-state index contributed by atoms with van der Waals surface area (Å²) in [5, 5.41) is 6.35. The van der Waals surface area contributed by atoms with E-state index >= 15 is 0 Å². The Morgan fingerprint density at radius 2 is 1.95 bits per heavy atom. The number of thiocarbonyl (C=S) groups is 1. The number of rotatable bonds is 4. The molecule has 1 aromatic carbocycles. The zero-order chi connectivity index (χ0) is 15.4. The van der Waals surface area contributed by atoms with Crippen LogP contribution in [0, 0.1) is 0 Å². The summed E-state index contributed by atoms with van der Waals surface area (Å²) < 4.78 is 3.34. The third kappa shape index (κ3) is 3.05. The Hall–Kier alpha value is -2.34. The summed E-state index contributed by atoms with van der Waals surface area (Å²) in [6.45, 7) is 4.16. The van der Waals surface area contributed by atoms with E-state index in [4.69, 9.17) is 12.2 Å². The summed E-state index contributed by atoms with van der Waals surface area (Å²) in [6, 6.07) is 9.73. The number of anilines is 1. The lowest BCUT2D eigenvalue weighted by molar-refractivity contribution is 0.584. The number of benzene rings is 1. The van der Waals surface area contributed by atoms with Crippen LogP contribution in [0.5, 0.6) is 0 Å². The molecule has 2 aromatic rings. The summed E-state index contributed by atoms with van der Waals surface area (Å²) in [4.78, 5) is 12.4. The van der Waals surface area contributed by atoms with E-state index in [2.05, 4.69) is 17.2 Å². The largest absolute Gasteiger partial charge is 0.359 e. The fraction of sp³-hybridized carbons (Fsp3) is 0.200. The second kappa shape index (κ2) is 6.41. The molecule has 0 saturated carbocycles. The molecule has 1 aromatic heterocycles. The Labute approximate surface area is 128 Å². The summed E-state index contributed by atoms with van der Waals surface area (Å²) in [6.07, 6.45) is 1.70. The van der Waals surface area contributed by atoms with Gasteiger partial charge in [-0.1, -0.05) is 36.4 Å². The number of aromatic nitrogens is 2. The molecule has 0 saturated heterocycles. The number of nitrogens with zero attached hydrogens (tertiary/aromatic N) is 2. The SMILES string of the molecule is C=CCNC(=S)Nc1c(-c2ccccc2)n(C)n(C)c1=O. The van der Waals surface area contributed by atoms with Gasteiger partial charge in [-0.15, -0.1) is 6.58 Å². The van der Waals surface area contributed by atoms with E-state index in [1.165, 1.54) is 0 Å². The second-order valence-electron chi connectivity index (χ2n) is 4.57. The molecule has 0 atom stereocenters. The van der Waals surface area contributed by atoms with Crippen molar-refractivity contribution >= 4 is 23.0 Å². The second-order valence-corrected chi connectivity index (χ2v) is 4.97. The van der Waals surface area contributed by atoms with Gasteiger partial charge in [0, 0.05) is 26.2 Å². The molecule has 0 unspecified atom stereocenters. The standard InChI is InChI=1S/C15H18N4OS/c1-4-10-16-15(21)17-12-13(11-8-6-5-7-9-11)18(2)19(3)14(12)20/h4-9H,1,10H2,2-3H3,(H2,16,17,21). The minimum Gasteiger partial charge on any atom is -0.359 e. The van der Waals surface area contributed by atoms with E-state index in [1.54, 1.807) is 22.5 Å². The van der Waals surface area contributed by atoms with Gasteiger partial charge in [0.2, 0.25) is 0 Å². The van der Waals surface area contributed by atoms with Crippen LogP contribution in [-0.4, -0.2) is 21.0 Å². The van der Waals surface area contributed by atoms with Crippen molar-refractivity contribution < 1.29 is 0 Å². The first kappa shape index (κ1) is 15.1. The van der Waals surface area contributed by atoms with Crippen LogP contribution in [0.15, 0.2) is 47.8 Å². The normalized spacial score (nSPS) is 10.2. The zero-order valence-corrected chi connectivity index (χ0v) is 12.9. The summed E-state index contributed by atoms with van der Waals surface area (Å²) in [5.74, 6) is 0. The van der Waals surface area contributed by atoms with Crippen molar-refractivity contribution in [3.05, 3.63) is 53.3 Å². The van der Waals surface area contributed by atoms with Gasteiger partial charge in [0.1, 0.15) is 5.69 Å². The number of hydrogen-bond acceptors (Lipinski definition) is 2. The van der Waals surface area contributed by atoms with E-state index in [1.807, 2.05) is 37.4 Å². The van der Waals surface area contributed by atoms with Crippen LogP contribution in [0.25, 0.3) is 11.3 Å². The van der Waals surface area contributed by atoms with Crippen LogP contribution < -0.4 is 16.2 Å². The highest BCUT2D eigenvalue weighted by Crippen LogP contribution is 2.24. The number of nitrogens with one attached hydrogen (secondary N) is 2. The van der Waals surface area contributed by atoms with Crippen molar-refractivity contribution in [2.75, 3.05) is 11.9 Å². The molecule has 21 heavy (non-hydrogen) atoms. The van der Waals surface area contributed by atoms with E-state index in [-0.39, 0.29) is 5.56 Å². The first-order chi connectivity index (χ1) is 10.1. The maximum atomic E-state index is 12.4. The first-order valence-corrected chi connectivity index (χ1v) is 6.94. The van der Waals surface area contributed by atoms with Crippen LogP contribution in [0.2, 0.25) is 0 Å². The molecule has 2 rings (SSSR count). The summed E-state index contributed by atoms with van der Waals surface area (Å²) in [7, 11) is 3.56. The maximum Gasteiger partial charge on any atom is 0.290 e. The van der Waals surface area contributed by atoms with Crippen molar-refractivity contribution in [1.29, 1.82) is 0 Å². The highest BCUT2D eigenvalue weighted by atomic mass is 32.1. The van der Waals surface area contributed by atoms with Crippen LogP contribution in [0.4, 0.5) is 5.69 Å². The fourth-order valence-electron chi connectivity index (χ4n) is 2.07. The lowest BCUT2D eigenvalue weighted by atomic mass is 10.1. The average Bonchev–Trinajstić information content (AvgIpc) is 2.70. The third-order valence-electron chi connectivity index (χ3n) is 3.21. The van der Waals surface area contributed by atoms with Crippen molar-refractivity contribution in [3.63, 3.8) is 0 Å². The Bertz CT molecular complexity index is 715. The topological polar surface area (TPSA) is 51.0 Å². The lowest BCUT2D eigenvalue weighted by Gasteiger charge is -2.10. The molecule has 0 radical (unpaired) electrons. The molecule has 0 aliphatic heterocycles. The van der Waals surface area contributed by atoms with Crippen LogP contribution in [0.3, 0.4) is 0 Å². The van der Waals surface area contributed by atoms with Crippen LogP contribution in [0.1, 0.15) is 0 Å². The van der Waals surface area contributed by atoms with Crippen LogP contribution >= 0.6 is 12.2 Å². The molecular formula is C15H18N4OS. The van der Waals surface area contributed by atoms with E-state index in [0.29, 0.717) is 17.3 Å². The van der Waals surface area contributed by atoms with Gasteiger partial charge >= 0.3 is 0 Å². The highest BCUT2D eigenvalue weighted by Gasteiger charge is 2.18. The molecule has 2 N–H and O–H groups in total. The monoisotopic (exact) mass is 302 g/mol. The van der Waals surface area contributed by atoms with Gasteiger partial charge < -0.3 is 10.6 Å². The molecule has 0 bridgehead atoms. The minimum absolute atomic E-state index is 0.126. The Morgan fingerprint density at radius 3 is 2.57 bits per heavy atom. The molecule has 0 aliphatic rings. The Kier molecular flexibility index (Phi) is 4.59. The minimum atomic E-state index is -0.126. The summed E-state index contributed by atoms with van der Waals surface area (Å²) in [5.41, 5.74) is 2.09. The van der Waals surface area contributed by atoms with Gasteiger partial charge in [-0.25, -0.2) is 0 Å². The zero-order valence-electron chi connectivity index (χ0n) is 12.1. The molecule has 5 nitrogen and oxygen atoms in total. The van der Waals surface area contributed by atoms with Crippen LogP contribution in [-0.2, 0) is 14.1 Å². The molecule has 1 heterocycles. The Balaban J connectivity index is 2.46. The van der Waals surface area contributed by atoms with Gasteiger partial charge in [0.25, 0.3) is 5.56 Å².